The zero-order valence-corrected chi connectivity index (χ0v) is 11.1. The van der Waals surface area contributed by atoms with Crippen molar-refractivity contribution in [1.29, 1.82) is 0 Å². The molecule has 0 amide bonds. The van der Waals surface area contributed by atoms with Crippen molar-refractivity contribution in [3.05, 3.63) is 26.7 Å². The summed E-state index contributed by atoms with van der Waals surface area (Å²) in [6.45, 7) is 0. The van der Waals surface area contributed by atoms with E-state index in [0.717, 1.165) is 23.8 Å². The Morgan fingerprint density at radius 1 is 1.22 bits per heavy atom. The SMILES string of the molecule is Cn1c(=O)c2[nH]c(CCCCCl)nc2n(C)c1=O. The summed E-state index contributed by atoms with van der Waals surface area (Å²) in [7, 11) is 3.06. The van der Waals surface area contributed by atoms with Crippen molar-refractivity contribution in [3.8, 4) is 0 Å². The lowest BCUT2D eigenvalue weighted by Crippen LogP contribution is -2.36. The fourth-order valence-corrected chi connectivity index (χ4v) is 2.07. The summed E-state index contributed by atoms with van der Waals surface area (Å²) in [5.41, 5.74) is 0.0694. The van der Waals surface area contributed by atoms with E-state index in [1.807, 2.05) is 0 Å². The van der Waals surface area contributed by atoms with Crippen LogP contribution >= 0.6 is 11.6 Å². The Labute approximate surface area is 108 Å². The third-order valence-electron chi connectivity index (χ3n) is 2.94. The molecule has 0 aliphatic heterocycles. The molecule has 2 rings (SSSR count). The van der Waals surface area contributed by atoms with Gasteiger partial charge in [-0.2, -0.15) is 0 Å². The zero-order chi connectivity index (χ0) is 13.3. The molecule has 0 aliphatic rings. The number of aromatic amines is 1. The highest BCUT2D eigenvalue weighted by atomic mass is 35.5. The van der Waals surface area contributed by atoms with Crippen LogP contribution in [0.2, 0.25) is 0 Å². The molecule has 0 unspecified atom stereocenters. The number of nitrogens with zero attached hydrogens (tertiary/aromatic N) is 3. The zero-order valence-electron chi connectivity index (χ0n) is 10.4. The van der Waals surface area contributed by atoms with Crippen molar-refractivity contribution >= 4 is 22.8 Å². The molecule has 1 N–H and O–H groups in total. The summed E-state index contributed by atoms with van der Waals surface area (Å²) in [6.07, 6.45) is 2.52. The van der Waals surface area contributed by atoms with Crippen molar-refractivity contribution in [3.63, 3.8) is 0 Å². The fourth-order valence-electron chi connectivity index (χ4n) is 1.88. The highest BCUT2D eigenvalue weighted by Gasteiger charge is 2.12. The second-order valence-electron chi connectivity index (χ2n) is 4.23. The van der Waals surface area contributed by atoms with E-state index < -0.39 is 0 Å². The van der Waals surface area contributed by atoms with E-state index in [1.54, 1.807) is 7.05 Å². The summed E-state index contributed by atoms with van der Waals surface area (Å²) in [5.74, 6) is 1.33. The van der Waals surface area contributed by atoms with Gasteiger partial charge in [0.25, 0.3) is 5.56 Å². The van der Waals surface area contributed by atoms with Gasteiger partial charge < -0.3 is 4.98 Å². The second kappa shape index (κ2) is 4.97. The smallest absolute Gasteiger partial charge is 0.332 e. The summed E-state index contributed by atoms with van der Waals surface area (Å²) in [4.78, 5) is 30.9. The van der Waals surface area contributed by atoms with Gasteiger partial charge in [-0.05, 0) is 12.8 Å². The number of aromatic nitrogens is 4. The van der Waals surface area contributed by atoms with E-state index in [0.29, 0.717) is 22.9 Å². The Bertz CT molecular complexity index is 683. The van der Waals surface area contributed by atoms with Crippen LogP contribution in [0.1, 0.15) is 18.7 Å². The van der Waals surface area contributed by atoms with Gasteiger partial charge in [-0.15, -0.1) is 11.6 Å². The topological polar surface area (TPSA) is 72.7 Å². The maximum atomic E-state index is 11.9. The number of aryl methyl sites for hydroxylation is 2. The molecule has 0 aliphatic carbocycles. The van der Waals surface area contributed by atoms with E-state index in [-0.39, 0.29) is 11.2 Å². The molecule has 0 atom stereocenters. The maximum absolute atomic E-state index is 11.9. The van der Waals surface area contributed by atoms with Crippen LogP contribution in [-0.4, -0.2) is 25.0 Å². The summed E-state index contributed by atoms with van der Waals surface area (Å²) in [5, 5.41) is 0. The first-order valence-corrected chi connectivity index (χ1v) is 6.30. The maximum Gasteiger partial charge on any atom is 0.332 e. The molecule has 2 aromatic heterocycles. The molecule has 0 spiro atoms. The Morgan fingerprint density at radius 3 is 2.61 bits per heavy atom. The molecule has 0 bridgehead atoms. The van der Waals surface area contributed by atoms with Gasteiger partial charge in [-0.3, -0.25) is 13.9 Å². The molecule has 0 fully saturated rings. The first-order valence-electron chi connectivity index (χ1n) is 5.77. The van der Waals surface area contributed by atoms with Crippen LogP contribution < -0.4 is 11.2 Å². The van der Waals surface area contributed by atoms with Crippen molar-refractivity contribution in [2.45, 2.75) is 19.3 Å². The van der Waals surface area contributed by atoms with E-state index in [4.69, 9.17) is 11.6 Å². The van der Waals surface area contributed by atoms with Gasteiger partial charge in [0.2, 0.25) is 0 Å². The van der Waals surface area contributed by atoms with Gasteiger partial charge in [0.05, 0.1) is 0 Å². The third kappa shape index (κ3) is 2.08. The number of fused-ring (bicyclic) bond motifs is 1. The van der Waals surface area contributed by atoms with Gasteiger partial charge in [0.15, 0.2) is 5.65 Å². The standard InChI is InChI=1S/C11H15ClN4O2/c1-15-9-8(10(17)16(2)11(15)18)13-7(14-9)5-3-4-6-12/h3-6H2,1-2H3,(H,13,14). The minimum absolute atomic E-state index is 0.343. The Balaban J connectivity index is 2.51. The molecule has 18 heavy (non-hydrogen) atoms. The van der Waals surface area contributed by atoms with Crippen LogP contribution in [0.15, 0.2) is 9.59 Å². The predicted molar refractivity (Wildman–Crippen MR) is 70.2 cm³/mol. The second-order valence-corrected chi connectivity index (χ2v) is 4.61. The molecule has 6 nitrogen and oxygen atoms in total. The summed E-state index contributed by atoms with van der Waals surface area (Å²) < 4.78 is 2.45. The lowest BCUT2D eigenvalue weighted by Gasteiger charge is -2.00. The molecule has 0 saturated heterocycles. The predicted octanol–water partition coefficient (Wildman–Crippen LogP) is 0.522. The van der Waals surface area contributed by atoms with Crippen LogP contribution in [0, 0.1) is 0 Å². The Morgan fingerprint density at radius 2 is 1.94 bits per heavy atom. The van der Waals surface area contributed by atoms with E-state index in [2.05, 4.69) is 9.97 Å². The minimum Gasteiger partial charge on any atom is -0.336 e. The van der Waals surface area contributed by atoms with Crippen molar-refractivity contribution in [2.75, 3.05) is 5.88 Å². The molecule has 98 valence electrons. The van der Waals surface area contributed by atoms with Gasteiger partial charge in [0.1, 0.15) is 11.3 Å². The van der Waals surface area contributed by atoms with Crippen LogP contribution in [-0.2, 0) is 20.5 Å². The molecule has 0 aromatic carbocycles. The molecule has 0 radical (unpaired) electrons. The van der Waals surface area contributed by atoms with Crippen LogP contribution in [0.3, 0.4) is 0 Å². The average Bonchev–Trinajstić information content (AvgIpc) is 2.78. The lowest BCUT2D eigenvalue weighted by atomic mass is 10.2. The normalized spacial score (nSPS) is 11.3. The number of halogens is 1. The minimum atomic E-state index is -0.369. The monoisotopic (exact) mass is 270 g/mol. The summed E-state index contributed by atoms with van der Waals surface area (Å²) in [6, 6.07) is 0. The number of H-pyrrole nitrogens is 1. The Hall–Kier alpha value is -1.56. The quantitative estimate of drug-likeness (QED) is 0.650. The fraction of sp³-hybridized carbons (Fsp3) is 0.545. The largest absolute Gasteiger partial charge is 0.336 e. The van der Waals surface area contributed by atoms with Crippen LogP contribution in [0.5, 0.6) is 0 Å². The van der Waals surface area contributed by atoms with E-state index >= 15 is 0 Å². The number of hydrogen-bond acceptors (Lipinski definition) is 3. The average molecular weight is 271 g/mol. The van der Waals surface area contributed by atoms with Crippen molar-refractivity contribution in [2.24, 2.45) is 14.1 Å². The highest BCUT2D eigenvalue weighted by molar-refractivity contribution is 6.17. The highest BCUT2D eigenvalue weighted by Crippen LogP contribution is 2.07. The molecule has 2 aromatic rings. The van der Waals surface area contributed by atoms with Gasteiger partial charge in [-0.25, -0.2) is 9.78 Å². The van der Waals surface area contributed by atoms with Crippen molar-refractivity contribution < 1.29 is 0 Å². The number of alkyl halides is 1. The number of nitrogens with one attached hydrogen (secondary N) is 1. The van der Waals surface area contributed by atoms with Gasteiger partial charge in [-0.1, -0.05) is 0 Å². The third-order valence-corrected chi connectivity index (χ3v) is 3.21. The van der Waals surface area contributed by atoms with Gasteiger partial charge >= 0.3 is 5.69 Å². The first kappa shape index (κ1) is 12.9. The number of unbranched alkanes of at least 4 members (excludes halogenated alkanes) is 1. The van der Waals surface area contributed by atoms with Crippen LogP contribution in [0.4, 0.5) is 0 Å². The van der Waals surface area contributed by atoms with Crippen molar-refractivity contribution in [1.82, 2.24) is 19.1 Å². The van der Waals surface area contributed by atoms with Crippen LogP contribution in [0.25, 0.3) is 11.2 Å². The molecule has 2 heterocycles. The molecular formula is C11H15ClN4O2. The van der Waals surface area contributed by atoms with Gasteiger partial charge in [0, 0.05) is 26.4 Å². The lowest BCUT2D eigenvalue weighted by molar-refractivity contribution is 0.708. The Kier molecular flexibility index (Phi) is 3.56. The first-order chi connectivity index (χ1) is 8.56. The number of hydrogen-bond donors (Lipinski definition) is 1. The summed E-state index contributed by atoms with van der Waals surface area (Å²) >= 11 is 5.61. The number of rotatable bonds is 4. The van der Waals surface area contributed by atoms with E-state index in [9.17, 15) is 9.59 Å². The molecule has 0 saturated carbocycles. The molecular weight excluding hydrogens is 256 g/mol. The molecule has 7 heteroatoms. The number of imidazole rings is 1. The van der Waals surface area contributed by atoms with E-state index in [1.165, 1.54) is 11.6 Å².